The summed E-state index contributed by atoms with van der Waals surface area (Å²) in [4.78, 5) is 17.8. The molecule has 0 aromatic heterocycles. The zero-order chi connectivity index (χ0) is 18.4. The molecule has 1 aliphatic rings. The van der Waals surface area contributed by atoms with Gasteiger partial charge in [-0.25, -0.2) is 4.79 Å². The van der Waals surface area contributed by atoms with Gasteiger partial charge in [0.05, 0.1) is 22.5 Å². The zero-order valence-corrected chi connectivity index (χ0v) is 16.3. The average molecular weight is 383 g/mol. The number of carbonyl (C=O) groups is 1. The van der Waals surface area contributed by atoms with E-state index in [-0.39, 0.29) is 6.09 Å². The summed E-state index contributed by atoms with van der Waals surface area (Å²) in [6.07, 6.45) is 1.49. The molecule has 0 unspecified atom stereocenters. The fourth-order valence-corrected chi connectivity index (χ4v) is 2.82. The zero-order valence-electron chi connectivity index (χ0n) is 14.8. The minimum absolute atomic E-state index is 0.249. The van der Waals surface area contributed by atoms with E-state index in [1.54, 1.807) is 23.1 Å². The first kappa shape index (κ1) is 19.7. The molecule has 1 saturated heterocycles. The molecular weight excluding hydrogens is 360 g/mol. The maximum atomic E-state index is 12.1. The van der Waals surface area contributed by atoms with Crippen molar-refractivity contribution in [2.75, 3.05) is 19.7 Å². The fourth-order valence-electron chi connectivity index (χ4n) is 2.54. The lowest BCUT2D eigenvalue weighted by atomic mass is 9.98. The Morgan fingerprint density at radius 1 is 1.40 bits per heavy atom. The molecule has 0 bridgehead atoms. The molecule has 136 valence electrons. The maximum absolute atomic E-state index is 12.1. The highest BCUT2D eigenvalue weighted by atomic mass is 35.5. The molecule has 1 fully saturated rings. The van der Waals surface area contributed by atoms with E-state index in [2.05, 4.69) is 22.4 Å². The molecule has 0 spiro atoms. The standard InChI is InChI=1S/C18H23ClN2O3S/c1-18(2,3)24-17(22)21-8-6-13(7-9-21)11-23-16-10-14(20-12-25)4-5-15(16)19/h4-5,10,13H,6-9,11H2,1-3H3. The molecule has 0 radical (unpaired) electrons. The van der Waals surface area contributed by atoms with Crippen LogP contribution in [0.3, 0.4) is 0 Å². The Morgan fingerprint density at radius 2 is 2.08 bits per heavy atom. The Kier molecular flexibility index (Phi) is 6.82. The summed E-state index contributed by atoms with van der Waals surface area (Å²) >= 11 is 10.8. The van der Waals surface area contributed by atoms with Gasteiger partial charge >= 0.3 is 6.09 Å². The highest BCUT2D eigenvalue weighted by Crippen LogP contribution is 2.30. The minimum Gasteiger partial charge on any atom is -0.492 e. The van der Waals surface area contributed by atoms with Crippen LogP contribution in [-0.4, -0.2) is 41.5 Å². The highest BCUT2D eigenvalue weighted by molar-refractivity contribution is 7.78. The van der Waals surface area contributed by atoms with Crippen molar-refractivity contribution in [3.8, 4) is 5.75 Å². The number of isothiocyanates is 1. The number of piperidine rings is 1. The van der Waals surface area contributed by atoms with Crippen molar-refractivity contribution in [1.29, 1.82) is 0 Å². The van der Waals surface area contributed by atoms with Crippen molar-refractivity contribution >= 4 is 40.8 Å². The number of carbonyl (C=O) groups excluding carboxylic acids is 1. The molecule has 7 heteroatoms. The fraction of sp³-hybridized carbons (Fsp3) is 0.556. The molecule has 25 heavy (non-hydrogen) atoms. The first-order valence-corrected chi connectivity index (χ1v) is 9.05. The summed E-state index contributed by atoms with van der Waals surface area (Å²) in [6, 6.07) is 5.23. The van der Waals surface area contributed by atoms with Gasteiger partial charge in [-0.2, -0.15) is 4.99 Å². The number of hydrogen-bond acceptors (Lipinski definition) is 5. The van der Waals surface area contributed by atoms with Gasteiger partial charge in [-0.1, -0.05) is 11.6 Å². The number of thiocarbonyl (C=S) groups is 1. The number of rotatable bonds is 4. The number of halogens is 1. The first-order chi connectivity index (χ1) is 11.8. The molecule has 1 heterocycles. The molecule has 0 atom stereocenters. The normalized spacial score (nSPS) is 15.4. The van der Waals surface area contributed by atoms with Crippen LogP contribution in [0, 0.1) is 5.92 Å². The lowest BCUT2D eigenvalue weighted by Gasteiger charge is -2.33. The monoisotopic (exact) mass is 382 g/mol. The van der Waals surface area contributed by atoms with Crippen LogP contribution in [0.15, 0.2) is 23.2 Å². The van der Waals surface area contributed by atoms with Crippen LogP contribution in [0.1, 0.15) is 33.6 Å². The van der Waals surface area contributed by atoms with E-state index in [0.29, 0.717) is 42.1 Å². The van der Waals surface area contributed by atoms with E-state index >= 15 is 0 Å². The van der Waals surface area contributed by atoms with Gasteiger partial charge in [0.2, 0.25) is 0 Å². The van der Waals surface area contributed by atoms with Gasteiger partial charge in [0.15, 0.2) is 0 Å². The third-order valence-corrected chi connectivity index (χ3v) is 4.23. The second kappa shape index (κ2) is 8.65. The number of aliphatic imine (C=N–C) groups is 1. The number of nitrogens with zero attached hydrogens (tertiary/aromatic N) is 2. The van der Waals surface area contributed by atoms with Gasteiger partial charge in [0.25, 0.3) is 0 Å². The summed E-state index contributed by atoms with van der Waals surface area (Å²) in [5, 5.41) is 2.86. The van der Waals surface area contributed by atoms with Gasteiger partial charge in [-0.05, 0) is 63.9 Å². The molecular formula is C18H23ClN2O3S. The van der Waals surface area contributed by atoms with E-state index in [1.807, 2.05) is 20.8 Å². The molecule has 0 N–H and O–H groups in total. The number of likely N-dealkylation sites (tertiary alicyclic amines) is 1. The molecule has 0 aliphatic carbocycles. The van der Waals surface area contributed by atoms with E-state index in [4.69, 9.17) is 21.1 Å². The van der Waals surface area contributed by atoms with Crippen molar-refractivity contribution in [2.24, 2.45) is 10.9 Å². The number of benzene rings is 1. The number of ether oxygens (including phenoxy) is 2. The minimum atomic E-state index is -0.469. The molecule has 5 nitrogen and oxygen atoms in total. The molecule has 2 rings (SSSR count). The van der Waals surface area contributed by atoms with Crippen LogP contribution in [0.5, 0.6) is 5.75 Å². The Hall–Kier alpha value is -1.62. The van der Waals surface area contributed by atoms with Crippen LogP contribution < -0.4 is 4.74 Å². The van der Waals surface area contributed by atoms with E-state index in [0.717, 1.165) is 12.8 Å². The Labute approximate surface area is 159 Å². The SMILES string of the molecule is CC(C)(C)OC(=O)N1CCC(COc2cc(N=C=S)ccc2Cl)CC1. The molecule has 0 saturated carbocycles. The van der Waals surface area contributed by atoms with Gasteiger partial charge in [0.1, 0.15) is 11.4 Å². The van der Waals surface area contributed by atoms with Crippen molar-refractivity contribution in [1.82, 2.24) is 4.90 Å². The topological polar surface area (TPSA) is 51.1 Å². The Bertz CT molecular complexity index is 661. The Morgan fingerprint density at radius 3 is 2.68 bits per heavy atom. The Balaban J connectivity index is 1.84. The number of hydrogen-bond donors (Lipinski definition) is 0. The van der Waals surface area contributed by atoms with Crippen LogP contribution >= 0.6 is 23.8 Å². The maximum Gasteiger partial charge on any atom is 0.410 e. The smallest absolute Gasteiger partial charge is 0.410 e. The summed E-state index contributed by atoms with van der Waals surface area (Å²) in [7, 11) is 0. The van der Waals surface area contributed by atoms with Gasteiger partial charge in [0, 0.05) is 19.2 Å². The predicted molar refractivity (Wildman–Crippen MR) is 102 cm³/mol. The molecule has 1 amide bonds. The summed E-state index contributed by atoms with van der Waals surface area (Å²) < 4.78 is 11.3. The van der Waals surface area contributed by atoms with E-state index < -0.39 is 5.60 Å². The lowest BCUT2D eigenvalue weighted by Crippen LogP contribution is -2.42. The van der Waals surface area contributed by atoms with E-state index in [1.165, 1.54) is 0 Å². The van der Waals surface area contributed by atoms with Gasteiger partial charge in [-0.3, -0.25) is 0 Å². The van der Waals surface area contributed by atoms with E-state index in [9.17, 15) is 4.79 Å². The molecule has 1 aromatic carbocycles. The summed E-state index contributed by atoms with van der Waals surface area (Å²) in [6.45, 7) is 7.51. The van der Waals surface area contributed by atoms with Crippen molar-refractivity contribution < 1.29 is 14.3 Å². The van der Waals surface area contributed by atoms with Crippen molar-refractivity contribution in [3.05, 3.63) is 23.2 Å². The quantitative estimate of drug-likeness (QED) is 0.537. The average Bonchev–Trinajstić information content (AvgIpc) is 2.54. The lowest BCUT2D eigenvalue weighted by molar-refractivity contribution is 0.0165. The molecule has 1 aliphatic heterocycles. The van der Waals surface area contributed by atoms with Gasteiger partial charge in [-0.15, -0.1) is 0 Å². The largest absolute Gasteiger partial charge is 0.492 e. The van der Waals surface area contributed by atoms with Crippen molar-refractivity contribution in [2.45, 2.75) is 39.2 Å². The van der Waals surface area contributed by atoms with Crippen LogP contribution in [0.2, 0.25) is 5.02 Å². The second-order valence-corrected chi connectivity index (χ2v) is 7.63. The third kappa shape index (κ3) is 6.31. The number of amides is 1. The molecule has 1 aromatic rings. The van der Waals surface area contributed by atoms with Crippen LogP contribution in [0.25, 0.3) is 0 Å². The second-order valence-electron chi connectivity index (χ2n) is 7.04. The summed E-state index contributed by atoms with van der Waals surface area (Å²) in [5.41, 5.74) is 0.193. The van der Waals surface area contributed by atoms with Gasteiger partial charge < -0.3 is 14.4 Å². The van der Waals surface area contributed by atoms with Crippen molar-refractivity contribution in [3.63, 3.8) is 0 Å². The van der Waals surface area contributed by atoms with Crippen LogP contribution in [-0.2, 0) is 4.74 Å². The third-order valence-electron chi connectivity index (χ3n) is 3.83. The van der Waals surface area contributed by atoms with Crippen LogP contribution in [0.4, 0.5) is 10.5 Å². The first-order valence-electron chi connectivity index (χ1n) is 8.26. The summed E-state index contributed by atoms with van der Waals surface area (Å²) in [5.74, 6) is 0.954. The predicted octanol–water partition coefficient (Wildman–Crippen LogP) is 5.10. The highest BCUT2D eigenvalue weighted by Gasteiger charge is 2.27.